The van der Waals surface area contributed by atoms with Crippen molar-refractivity contribution < 1.29 is 4.74 Å². The Morgan fingerprint density at radius 2 is 1.84 bits per heavy atom. The lowest BCUT2D eigenvalue weighted by molar-refractivity contribution is -0.00541. The van der Waals surface area contributed by atoms with Gasteiger partial charge in [-0.25, -0.2) is 5.10 Å². The van der Waals surface area contributed by atoms with Crippen molar-refractivity contribution >= 4 is 16.6 Å². The Kier molecular flexibility index (Phi) is 2.98. The van der Waals surface area contributed by atoms with Crippen LogP contribution in [0.4, 0.5) is 5.82 Å². The molecular formula is C14H17N3O2. The predicted octanol–water partition coefficient (Wildman–Crippen LogP) is 1.54. The van der Waals surface area contributed by atoms with Crippen LogP contribution in [0.1, 0.15) is 13.8 Å². The Morgan fingerprint density at radius 3 is 2.53 bits per heavy atom. The summed E-state index contributed by atoms with van der Waals surface area (Å²) >= 11 is 0. The normalized spacial score (nSPS) is 23.8. The van der Waals surface area contributed by atoms with Gasteiger partial charge in [-0.2, -0.15) is 5.10 Å². The van der Waals surface area contributed by atoms with E-state index in [0.29, 0.717) is 5.39 Å². The Hall–Kier alpha value is -1.88. The number of nitrogens with zero attached hydrogens (tertiary/aromatic N) is 2. The fraction of sp³-hybridized carbons (Fsp3) is 0.429. The van der Waals surface area contributed by atoms with Gasteiger partial charge in [0.2, 0.25) is 0 Å². The van der Waals surface area contributed by atoms with Gasteiger partial charge in [0.1, 0.15) is 0 Å². The molecule has 1 saturated heterocycles. The van der Waals surface area contributed by atoms with Crippen LogP contribution in [0.15, 0.2) is 29.1 Å². The van der Waals surface area contributed by atoms with Crippen molar-refractivity contribution in [3.63, 3.8) is 0 Å². The number of morpholine rings is 1. The van der Waals surface area contributed by atoms with E-state index in [4.69, 9.17) is 4.74 Å². The van der Waals surface area contributed by atoms with Gasteiger partial charge in [0.15, 0.2) is 5.82 Å². The van der Waals surface area contributed by atoms with Crippen LogP contribution in [0.3, 0.4) is 0 Å². The van der Waals surface area contributed by atoms with E-state index in [1.165, 1.54) is 0 Å². The van der Waals surface area contributed by atoms with Crippen molar-refractivity contribution in [2.45, 2.75) is 26.1 Å². The van der Waals surface area contributed by atoms with Crippen molar-refractivity contribution in [3.05, 3.63) is 34.6 Å². The summed E-state index contributed by atoms with van der Waals surface area (Å²) in [5.74, 6) is 0.831. The van der Waals surface area contributed by atoms with Gasteiger partial charge >= 0.3 is 0 Å². The number of anilines is 1. The molecular weight excluding hydrogens is 242 g/mol. The average Bonchev–Trinajstić information content (AvgIpc) is 2.38. The second-order valence-electron chi connectivity index (χ2n) is 5.08. The molecule has 2 unspecified atom stereocenters. The third-order valence-corrected chi connectivity index (χ3v) is 3.40. The summed E-state index contributed by atoms with van der Waals surface area (Å²) in [6.45, 7) is 5.67. The van der Waals surface area contributed by atoms with Crippen LogP contribution in [-0.2, 0) is 4.74 Å². The highest BCUT2D eigenvalue weighted by Crippen LogP contribution is 2.24. The number of rotatable bonds is 1. The molecule has 1 aliphatic rings. The molecule has 100 valence electrons. The molecule has 2 atom stereocenters. The summed E-state index contributed by atoms with van der Waals surface area (Å²) in [6.07, 6.45) is 0.326. The van der Waals surface area contributed by atoms with Gasteiger partial charge in [0.25, 0.3) is 5.56 Å². The van der Waals surface area contributed by atoms with Gasteiger partial charge < -0.3 is 9.64 Å². The van der Waals surface area contributed by atoms with Gasteiger partial charge in [0, 0.05) is 18.5 Å². The molecule has 1 fully saturated rings. The number of fused-ring (bicyclic) bond motifs is 1. The van der Waals surface area contributed by atoms with Gasteiger partial charge in [-0.15, -0.1) is 0 Å². The number of hydrogen-bond donors (Lipinski definition) is 1. The molecule has 1 aromatic heterocycles. The number of H-pyrrole nitrogens is 1. The first kappa shape index (κ1) is 12.2. The van der Waals surface area contributed by atoms with Crippen LogP contribution in [-0.4, -0.2) is 35.5 Å². The maximum Gasteiger partial charge on any atom is 0.272 e. The van der Waals surface area contributed by atoms with E-state index < -0.39 is 0 Å². The summed E-state index contributed by atoms with van der Waals surface area (Å²) in [5.41, 5.74) is -0.145. The number of aromatic nitrogens is 2. The van der Waals surface area contributed by atoms with Crippen molar-refractivity contribution in [2.75, 3.05) is 18.0 Å². The van der Waals surface area contributed by atoms with E-state index in [-0.39, 0.29) is 17.8 Å². The Balaban J connectivity index is 2.10. The molecule has 1 N–H and O–H groups in total. The SMILES string of the molecule is CC1CN(c2n[nH]c(=O)c3ccccc23)CC(C)O1. The summed E-state index contributed by atoms with van der Waals surface area (Å²) in [4.78, 5) is 14.0. The third-order valence-electron chi connectivity index (χ3n) is 3.40. The molecule has 1 aromatic carbocycles. The van der Waals surface area contributed by atoms with Crippen molar-refractivity contribution in [2.24, 2.45) is 0 Å². The molecule has 1 aliphatic heterocycles. The highest BCUT2D eigenvalue weighted by molar-refractivity contribution is 5.91. The fourth-order valence-corrected chi connectivity index (χ4v) is 2.69. The molecule has 0 amide bonds. The lowest BCUT2D eigenvalue weighted by Crippen LogP contribution is -2.46. The maximum absolute atomic E-state index is 11.8. The first-order valence-electron chi connectivity index (χ1n) is 6.53. The molecule has 19 heavy (non-hydrogen) atoms. The molecule has 0 radical (unpaired) electrons. The molecule has 0 spiro atoms. The molecule has 0 saturated carbocycles. The van der Waals surface area contributed by atoms with E-state index >= 15 is 0 Å². The fourth-order valence-electron chi connectivity index (χ4n) is 2.69. The van der Waals surface area contributed by atoms with Crippen molar-refractivity contribution in [3.8, 4) is 0 Å². The molecule has 3 rings (SSSR count). The predicted molar refractivity (Wildman–Crippen MR) is 74.6 cm³/mol. The number of benzene rings is 1. The first-order valence-corrected chi connectivity index (χ1v) is 6.53. The quantitative estimate of drug-likeness (QED) is 0.844. The van der Waals surface area contributed by atoms with Crippen LogP contribution in [0.25, 0.3) is 10.8 Å². The van der Waals surface area contributed by atoms with Crippen LogP contribution in [0.5, 0.6) is 0 Å². The number of ether oxygens (including phenoxy) is 1. The standard InChI is InChI=1S/C14H17N3O2/c1-9-7-17(8-10(2)19-9)13-11-5-3-4-6-12(11)14(18)16-15-13/h3-6,9-10H,7-8H2,1-2H3,(H,16,18). The van der Waals surface area contributed by atoms with Crippen LogP contribution in [0.2, 0.25) is 0 Å². The van der Waals surface area contributed by atoms with E-state index in [2.05, 4.69) is 28.9 Å². The van der Waals surface area contributed by atoms with E-state index in [1.54, 1.807) is 0 Å². The van der Waals surface area contributed by atoms with Crippen LogP contribution >= 0.6 is 0 Å². The number of hydrogen-bond acceptors (Lipinski definition) is 4. The molecule has 5 heteroatoms. The Bertz CT molecular complexity index is 642. The largest absolute Gasteiger partial charge is 0.372 e. The minimum atomic E-state index is -0.145. The summed E-state index contributed by atoms with van der Waals surface area (Å²) < 4.78 is 5.73. The second kappa shape index (κ2) is 4.66. The first-order chi connectivity index (χ1) is 9.15. The second-order valence-corrected chi connectivity index (χ2v) is 5.08. The Labute approximate surface area is 111 Å². The minimum absolute atomic E-state index is 0.145. The molecule has 0 bridgehead atoms. The number of nitrogens with one attached hydrogen (secondary N) is 1. The van der Waals surface area contributed by atoms with Gasteiger partial charge in [-0.3, -0.25) is 4.79 Å². The number of aromatic amines is 1. The van der Waals surface area contributed by atoms with Crippen molar-refractivity contribution in [1.82, 2.24) is 10.2 Å². The van der Waals surface area contributed by atoms with E-state index in [9.17, 15) is 4.79 Å². The van der Waals surface area contributed by atoms with Gasteiger partial charge in [0.05, 0.1) is 17.6 Å². The molecule has 2 aromatic rings. The van der Waals surface area contributed by atoms with Gasteiger partial charge in [-0.1, -0.05) is 18.2 Å². The third kappa shape index (κ3) is 2.21. The topological polar surface area (TPSA) is 58.2 Å². The zero-order chi connectivity index (χ0) is 13.4. The molecule has 0 aliphatic carbocycles. The van der Waals surface area contributed by atoms with Gasteiger partial charge in [-0.05, 0) is 19.9 Å². The molecule has 2 heterocycles. The molecule has 5 nitrogen and oxygen atoms in total. The van der Waals surface area contributed by atoms with Crippen LogP contribution < -0.4 is 10.5 Å². The lowest BCUT2D eigenvalue weighted by Gasteiger charge is -2.36. The Morgan fingerprint density at radius 1 is 1.21 bits per heavy atom. The van der Waals surface area contributed by atoms with E-state index in [1.807, 2.05) is 24.3 Å². The highest BCUT2D eigenvalue weighted by atomic mass is 16.5. The monoisotopic (exact) mass is 259 g/mol. The summed E-state index contributed by atoms with van der Waals surface area (Å²) in [7, 11) is 0. The average molecular weight is 259 g/mol. The smallest absolute Gasteiger partial charge is 0.272 e. The maximum atomic E-state index is 11.8. The minimum Gasteiger partial charge on any atom is -0.372 e. The van der Waals surface area contributed by atoms with Crippen LogP contribution in [0, 0.1) is 0 Å². The zero-order valence-corrected chi connectivity index (χ0v) is 11.1. The van der Waals surface area contributed by atoms with E-state index in [0.717, 1.165) is 24.3 Å². The lowest BCUT2D eigenvalue weighted by atomic mass is 10.1. The highest BCUT2D eigenvalue weighted by Gasteiger charge is 2.24. The summed E-state index contributed by atoms with van der Waals surface area (Å²) in [5, 5.41) is 8.39. The summed E-state index contributed by atoms with van der Waals surface area (Å²) in [6, 6.07) is 7.57. The van der Waals surface area contributed by atoms with Crippen molar-refractivity contribution in [1.29, 1.82) is 0 Å². The zero-order valence-electron chi connectivity index (χ0n) is 11.1.